The maximum Gasteiger partial charge on any atom is 0.0600 e. The first-order valence-corrected chi connectivity index (χ1v) is 6.37. The molecule has 1 nitrogen and oxygen atoms in total. The summed E-state index contributed by atoms with van der Waals surface area (Å²) in [6.45, 7) is 4.48. The minimum absolute atomic E-state index is 0.0163. The molecule has 2 atom stereocenters. The number of hydrogen-bond donors (Lipinski definition) is 1. The molecule has 0 bridgehead atoms. The van der Waals surface area contributed by atoms with E-state index in [0.29, 0.717) is 5.41 Å². The highest BCUT2D eigenvalue weighted by Gasteiger charge is 2.47. The first-order chi connectivity index (χ1) is 6.69. The predicted molar refractivity (Wildman–Crippen MR) is 61.3 cm³/mol. The van der Waals surface area contributed by atoms with E-state index >= 15 is 0 Å². The van der Waals surface area contributed by atoms with Gasteiger partial charge >= 0.3 is 0 Å². The molecular weight excluding hydrogens is 172 g/mol. The van der Waals surface area contributed by atoms with Crippen molar-refractivity contribution >= 4 is 0 Å². The SMILES string of the molecule is CCCCCCCCC[C@]1(C)C[C@H]1O. The zero-order valence-corrected chi connectivity index (χ0v) is 9.89. The second-order valence-corrected chi connectivity index (χ2v) is 5.25. The van der Waals surface area contributed by atoms with Crippen molar-refractivity contribution < 1.29 is 5.11 Å². The fraction of sp³-hybridized carbons (Fsp3) is 1.00. The third kappa shape index (κ3) is 4.00. The number of unbranched alkanes of at least 4 members (excludes halogenated alkanes) is 6. The summed E-state index contributed by atoms with van der Waals surface area (Å²) in [5, 5.41) is 9.36. The molecule has 0 radical (unpaired) electrons. The molecule has 1 fully saturated rings. The predicted octanol–water partition coefficient (Wildman–Crippen LogP) is 3.90. The molecule has 1 rings (SSSR count). The molecule has 1 heteroatoms. The minimum atomic E-state index is 0.0163. The lowest BCUT2D eigenvalue weighted by Gasteiger charge is -2.07. The van der Waals surface area contributed by atoms with Crippen LogP contribution in [-0.4, -0.2) is 11.2 Å². The Morgan fingerprint density at radius 3 is 2.07 bits per heavy atom. The summed E-state index contributed by atoms with van der Waals surface area (Å²) in [7, 11) is 0. The number of aliphatic hydroxyl groups is 1. The monoisotopic (exact) mass is 198 g/mol. The van der Waals surface area contributed by atoms with Crippen LogP contribution in [0.2, 0.25) is 0 Å². The Morgan fingerprint density at radius 2 is 1.57 bits per heavy atom. The van der Waals surface area contributed by atoms with Gasteiger partial charge in [-0.1, -0.05) is 58.8 Å². The smallest absolute Gasteiger partial charge is 0.0600 e. The summed E-state index contributed by atoms with van der Waals surface area (Å²) in [4.78, 5) is 0. The van der Waals surface area contributed by atoms with Crippen LogP contribution in [0.3, 0.4) is 0 Å². The molecule has 0 heterocycles. The molecule has 1 N–H and O–H groups in total. The van der Waals surface area contributed by atoms with Gasteiger partial charge in [-0.05, 0) is 18.3 Å². The molecule has 0 saturated heterocycles. The summed E-state index contributed by atoms with van der Waals surface area (Å²) >= 11 is 0. The van der Waals surface area contributed by atoms with Crippen molar-refractivity contribution in [2.24, 2.45) is 5.41 Å². The summed E-state index contributed by atoms with van der Waals surface area (Å²) in [5.41, 5.74) is 0.309. The lowest BCUT2D eigenvalue weighted by atomic mass is 9.99. The van der Waals surface area contributed by atoms with Crippen LogP contribution < -0.4 is 0 Å². The maximum absolute atomic E-state index is 9.36. The van der Waals surface area contributed by atoms with Crippen LogP contribution in [0.25, 0.3) is 0 Å². The highest BCUT2D eigenvalue weighted by molar-refractivity contribution is 4.98. The van der Waals surface area contributed by atoms with Crippen LogP contribution >= 0.6 is 0 Å². The quantitative estimate of drug-likeness (QED) is 0.586. The zero-order chi connectivity index (χ0) is 10.4. The molecule has 84 valence electrons. The van der Waals surface area contributed by atoms with E-state index in [1.807, 2.05) is 0 Å². The number of rotatable bonds is 8. The van der Waals surface area contributed by atoms with Crippen LogP contribution in [0.4, 0.5) is 0 Å². The Labute approximate surface area is 88.9 Å². The summed E-state index contributed by atoms with van der Waals surface area (Å²) < 4.78 is 0. The van der Waals surface area contributed by atoms with Crippen LogP contribution in [0.1, 0.15) is 71.6 Å². The second kappa shape index (κ2) is 5.75. The largest absolute Gasteiger partial charge is 0.393 e. The van der Waals surface area contributed by atoms with Gasteiger partial charge in [0.2, 0.25) is 0 Å². The summed E-state index contributed by atoms with van der Waals surface area (Å²) in [6, 6.07) is 0. The van der Waals surface area contributed by atoms with E-state index < -0.39 is 0 Å². The lowest BCUT2D eigenvalue weighted by Crippen LogP contribution is -2.00. The fourth-order valence-corrected chi connectivity index (χ4v) is 2.14. The highest BCUT2D eigenvalue weighted by atomic mass is 16.3. The molecule has 0 unspecified atom stereocenters. The van der Waals surface area contributed by atoms with Crippen molar-refractivity contribution in [3.8, 4) is 0 Å². The molecule has 14 heavy (non-hydrogen) atoms. The van der Waals surface area contributed by atoms with Crippen molar-refractivity contribution in [2.45, 2.75) is 77.7 Å². The van der Waals surface area contributed by atoms with Gasteiger partial charge in [0.05, 0.1) is 6.10 Å². The van der Waals surface area contributed by atoms with Crippen molar-refractivity contribution in [1.82, 2.24) is 0 Å². The van der Waals surface area contributed by atoms with E-state index in [0.717, 1.165) is 6.42 Å². The van der Waals surface area contributed by atoms with Gasteiger partial charge in [0.1, 0.15) is 0 Å². The van der Waals surface area contributed by atoms with E-state index in [4.69, 9.17) is 0 Å². The molecule has 0 aliphatic heterocycles. The third-order valence-electron chi connectivity index (χ3n) is 3.66. The standard InChI is InChI=1S/C13H26O/c1-3-4-5-6-7-8-9-10-13(2)11-12(13)14/h12,14H,3-11H2,1-2H3/t12-,13-/m1/s1. The van der Waals surface area contributed by atoms with E-state index in [1.165, 1.54) is 51.4 Å². The van der Waals surface area contributed by atoms with Crippen LogP contribution in [0.15, 0.2) is 0 Å². The fourth-order valence-electron chi connectivity index (χ4n) is 2.14. The van der Waals surface area contributed by atoms with Crippen molar-refractivity contribution in [2.75, 3.05) is 0 Å². The number of hydrogen-bond acceptors (Lipinski definition) is 1. The minimum Gasteiger partial charge on any atom is -0.393 e. The lowest BCUT2D eigenvalue weighted by molar-refractivity contribution is 0.219. The van der Waals surface area contributed by atoms with Crippen molar-refractivity contribution in [3.63, 3.8) is 0 Å². The van der Waals surface area contributed by atoms with E-state index in [9.17, 15) is 5.11 Å². The van der Waals surface area contributed by atoms with Crippen LogP contribution in [0, 0.1) is 5.41 Å². The first kappa shape index (κ1) is 12.0. The van der Waals surface area contributed by atoms with Crippen molar-refractivity contribution in [3.05, 3.63) is 0 Å². The molecule has 1 aliphatic carbocycles. The third-order valence-corrected chi connectivity index (χ3v) is 3.66. The number of aliphatic hydroxyl groups excluding tert-OH is 1. The first-order valence-electron chi connectivity index (χ1n) is 6.37. The molecule has 0 amide bonds. The second-order valence-electron chi connectivity index (χ2n) is 5.25. The molecular formula is C13H26O. The zero-order valence-electron chi connectivity index (χ0n) is 9.89. The normalized spacial score (nSPS) is 30.6. The topological polar surface area (TPSA) is 20.2 Å². The van der Waals surface area contributed by atoms with Crippen LogP contribution in [-0.2, 0) is 0 Å². The Kier molecular flexibility index (Phi) is 4.94. The molecule has 1 aliphatic rings. The Balaban J connectivity index is 1.81. The van der Waals surface area contributed by atoms with Gasteiger partial charge in [-0.2, -0.15) is 0 Å². The van der Waals surface area contributed by atoms with Gasteiger partial charge in [-0.25, -0.2) is 0 Å². The van der Waals surface area contributed by atoms with Gasteiger partial charge in [0, 0.05) is 0 Å². The maximum atomic E-state index is 9.36. The van der Waals surface area contributed by atoms with Gasteiger partial charge < -0.3 is 5.11 Å². The van der Waals surface area contributed by atoms with E-state index in [-0.39, 0.29) is 6.10 Å². The Bertz CT molecular complexity index is 155. The Hall–Kier alpha value is -0.0400. The van der Waals surface area contributed by atoms with Gasteiger partial charge in [0.25, 0.3) is 0 Å². The highest BCUT2D eigenvalue weighted by Crippen LogP contribution is 2.49. The molecule has 0 aromatic carbocycles. The van der Waals surface area contributed by atoms with E-state index in [2.05, 4.69) is 13.8 Å². The molecule has 0 spiro atoms. The molecule has 0 aromatic heterocycles. The van der Waals surface area contributed by atoms with Gasteiger partial charge in [0.15, 0.2) is 0 Å². The average Bonchev–Trinajstić information content (AvgIpc) is 2.73. The molecule has 0 aromatic rings. The Morgan fingerprint density at radius 1 is 1.07 bits per heavy atom. The van der Waals surface area contributed by atoms with E-state index in [1.54, 1.807) is 0 Å². The summed E-state index contributed by atoms with van der Waals surface area (Å²) in [6.07, 6.45) is 11.9. The molecule has 1 saturated carbocycles. The van der Waals surface area contributed by atoms with Crippen molar-refractivity contribution in [1.29, 1.82) is 0 Å². The summed E-state index contributed by atoms with van der Waals surface area (Å²) in [5.74, 6) is 0. The van der Waals surface area contributed by atoms with Gasteiger partial charge in [-0.3, -0.25) is 0 Å². The average molecular weight is 198 g/mol. The van der Waals surface area contributed by atoms with Crippen LogP contribution in [0.5, 0.6) is 0 Å². The van der Waals surface area contributed by atoms with Gasteiger partial charge in [-0.15, -0.1) is 0 Å².